The molecule has 0 radical (unpaired) electrons. The average Bonchev–Trinajstić information content (AvgIpc) is 2.58. The number of nitrogens with one attached hydrogen (secondary N) is 1. The lowest BCUT2D eigenvalue weighted by Crippen LogP contribution is -2.34. The molecule has 1 aromatic carbocycles. The molecule has 1 N–H and O–H groups in total. The molecule has 0 aliphatic carbocycles. The van der Waals surface area contributed by atoms with E-state index in [1.807, 2.05) is 18.2 Å². The molecule has 2 heterocycles. The van der Waals surface area contributed by atoms with Gasteiger partial charge in [0.1, 0.15) is 12.4 Å². The normalized spacial score (nSPS) is 17.9. The minimum absolute atomic E-state index is 0.0470. The summed E-state index contributed by atoms with van der Waals surface area (Å²) in [6.07, 6.45) is 6.82. The zero-order chi connectivity index (χ0) is 16.1. The van der Waals surface area contributed by atoms with Crippen molar-refractivity contribution in [2.75, 3.05) is 32.8 Å². The number of ether oxygens (including phenoxy) is 1. The highest BCUT2D eigenvalue weighted by molar-refractivity contribution is 6.30. The van der Waals surface area contributed by atoms with Crippen LogP contribution in [0.5, 0.6) is 5.75 Å². The van der Waals surface area contributed by atoms with Gasteiger partial charge in [-0.25, -0.2) is 0 Å². The van der Waals surface area contributed by atoms with Gasteiger partial charge < -0.3 is 15.0 Å². The van der Waals surface area contributed by atoms with E-state index in [1.54, 1.807) is 6.07 Å². The predicted octanol–water partition coefficient (Wildman–Crippen LogP) is 3.11. The van der Waals surface area contributed by atoms with E-state index in [9.17, 15) is 4.79 Å². The second kappa shape index (κ2) is 7.84. The summed E-state index contributed by atoms with van der Waals surface area (Å²) in [4.78, 5) is 14.7. The summed E-state index contributed by atoms with van der Waals surface area (Å²) in [7, 11) is 0. The van der Waals surface area contributed by atoms with Gasteiger partial charge in [0.25, 0.3) is 5.91 Å². The van der Waals surface area contributed by atoms with E-state index >= 15 is 0 Å². The molecular weight excluding hydrogens is 312 g/mol. The van der Waals surface area contributed by atoms with Crippen molar-refractivity contribution in [1.82, 2.24) is 10.2 Å². The Hall–Kier alpha value is -1.52. The minimum Gasteiger partial charge on any atom is -0.488 e. The molecule has 23 heavy (non-hydrogen) atoms. The third kappa shape index (κ3) is 4.49. The van der Waals surface area contributed by atoms with Crippen LogP contribution in [0.1, 0.15) is 31.2 Å². The number of nitrogens with zero attached hydrogens (tertiary/aromatic N) is 1. The number of amides is 1. The third-order valence-electron chi connectivity index (χ3n) is 4.36. The molecule has 0 aromatic heterocycles. The minimum atomic E-state index is -0.0470. The number of halogens is 1. The maximum absolute atomic E-state index is 12.2. The fourth-order valence-corrected chi connectivity index (χ4v) is 3.26. The first kappa shape index (κ1) is 16.3. The molecule has 4 nitrogen and oxygen atoms in total. The van der Waals surface area contributed by atoms with Crippen molar-refractivity contribution >= 4 is 23.6 Å². The molecular formula is C18H23ClN2O2. The van der Waals surface area contributed by atoms with Crippen LogP contribution in [0.15, 0.2) is 23.8 Å². The number of hydrogen-bond acceptors (Lipinski definition) is 3. The number of carbonyl (C=O) groups is 1. The van der Waals surface area contributed by atoms with E-state index in [2.05, 4.69) is 10.2 Å². The van der Waals surface area contributed by atoms with Gasteiger partial charge in [0.05, 0.1) is 5.57 Å². The van der Waals surface area contributed by atoms with Crippen molar-refractivity contribution in [3.63, 3.8) is 0 Å². The Morgan fingerprint density at radius 1 is 1.26 bits per heavy atom. The fourth-order valence-electron chi connectivity index (χ4n) is 3.08. The van der Waals surface area contributed by atoms with Gasteiger partial charge in [-0.05, 0) is 63.2 Å². The van der Waals surface area contributed by atoms with Crippen molar-refractivity contribution in [2.24, 2.45) is 0 Å². The summed E-state index contributed by atoms with van der Waals surface area (Å²) in [5.74, 6) is 0.727. The molecule has 0 spiro atoms. The summed E-state index contributed by atoms with van der Waals surface area (Å²) < 4.78 is 5.62. The maximum atomic E-state index is 12.2. The van der Waals surface area contributed by atoms with Crippen LogP contribution in [0.3, 0.4) is 0 Å². The summed E-state index contributed by atoms with van der Waals surface area (Å²) >= 11 is 5.99. The maximum Gasteiger partial charge on any atom is 0.250 e. The standard InChI is InChI=1S/C18H23ClN2O2/c19-16-5-6-17-14(12-16)11-15(13-23-17)18(22)20-7-4-10-21-8-2-1-3-9-21/h5-6,11-12H,1-4,7-10,13H2,(H,20,22). The predicted molar refractivity (Wildman–Crippen MR) is 92.8 cm³/mol. The molecule has 1 fully saturated rings. The lowest BCUT2D eigenvalue weighted by Gasteiger charge is -2.26. The Morgan fingerprint density at radius 3 is 2.91 bits per heavy atom. The highest BCUT2D eigenvalue weighted by Gasteiger charge is 2.17. The Balaban J connectivity index is 1.47. The quantitative estimate of drug-likeness (QED) is 0.841. The molecule has 1 saturated heterocycles. The van der Waals surface area contributed by atoms with Gasteiger partial charge >= 0.3 is 0 Å². The Bertz CT molecular complexity index is 595. The summed E-state index contributed by atoms with van der Waals surface area (Å²) in [6, 6.07) is 5.45. The van der Waals surface area contributed by atoms with Gasteiger partial charge in [-0.1, -0.05) is 18.0 Å². The highest BCUT2D eigenvalue weighted by atomic mass is 35.5. The van der Waals surface area contributed by atoms with Crippen molar-refractivity contribution in [3.05, 3.63) is 34.4 Å². The van der Waals surface area contributed by atoms with Crippen LogP contribution in [-0.2, 0) is 4.79 Å². The number of carbonyl (C=O) groups excluding carboxylic acids is 1. The van der Waals surface area contributed by atoms with Gasteiger partial charge in [0.2, 0.25) is 0 Å². The third-order valence-corrected chi connectivity index (χ3v) is 4.60. The second-order valence-corrected chi connectivity index (χ2v) is 6.59. The van der Waals surface area contributed by atoms with Crippen molar-refractivity contribution in [3.8, 4) is 5.75 Å². The van der Waals surface area contributed by atoms with Crippen LogP contribution in [0.25, 0.3) is 6.08 Å². The number of rotatable bonds is 5. The molecule has 5 heteroatoms. The summed E-state index contributed by atoms with van der Waals surface area (Å²) in [5.41, 5.74) is 1.51. The number of hydrogen-bond donors (Lipinski definition) is 1. The van der Waals surface area contributed by atoms with Crippen molar-refractivity contribution in [1.29, 1.82) is 0 Å². The molecule has 2 aliphatic rings. The van der Waals surface area contributed by atoms with E-state index in [1.165, 1.54) is 32.4 Å². The summed E-state index contributed by atoms with van der Waals surface area (Å²) in [5, 5.41) is 3.64. The molecule has 1 amide bonds. The molecule has 0 unspecified atom stereocenters. The number of fused-ring (bicyclic) bond motifs is 1. The first-order chi connectivity index (χ1) is 11.2. The highest BCUT2D eigenvalue weighted by Crippen LogP contribution is 2.28. The van der Waals surface area contributed by atoms with Crippen LogP contribution < -0.4 is 10.1 Å². The van der Waals surface area contributed by atoms with E-state index in [4.69, 9.17) is 16.3 Å². The van der Waals surface area contributed by atoms with Gasteiger partial charge in [-0.2, -0.15) is 0 Å². The Morgan fingerprint density at radius 2 is 2.09 bits per heavy atom. The van der Waals surface area contributed by atoms with Gasteiger partial charge in [0.15, 0.2) is 0 Å². The molecule has 0 atom stereocenters. The average molecular weight is 335 g/mol. The molecule has 3 rings (SSSR count). The molecule has 0 bridgehead atoms. The fraction of sp³-hybridized carbons (Fsp3) is 0.500. The number of piperidine rings is 1. The zero-order valence-electron chi connectivity index (χ0n) is 13.3. The topological polar surface area (TPSA) is 41.6 Å². The van der Waals surface area contributed by atoms with E-state index in [0.717, 1.165) is 24.3 Å². The first-order valence-corrected chi connectivity index (χ1v) is 8.74. The monoisotopic (exact) mass is 334 g/mol. The molecule has 0 saturated carbocycles. The van der Waals surface area contributed by atoms with Gasteiger partial charge in [-0.3, -0.25) is 4.79 Å². The zero-order valence-corrected chi connectivity index (χ0v) is 14.1. The lowest BCUT2D eigenvalue weighted by molar-refractivity contribution is -0.117. The largest absolute Gasteiger partial charge is 0.488 e. The second-order valence-electron chi connectivity index (χ2n) is 6.15. The van der Waals surface area contributed by atoms with Crippen LogP contribution in [0, 0.1) is 0 Å². The Kier molecular flexibility index (Phi) is 5.57. The summed E-state index contributed by atoms with van der Waals surface area (Å²) in [6.45, 7) is 4.48. The van der Waals surface area contributed by atoms with Crippen LogP contribution in [-0.4, -0.2) is 43.6 Å². The van der Waals surface area contributed by atoms with Crippen molar-refractivity contribution < 1.29 is 9.53 Å². The van der Waals surface area contributed by atoms with Crippen LogP contribution in [0.2, 0.25) is 5.02 Å². The first-order valence-electron chi connectivity index (χ1n) is 8.36. The van der Waals surface area contributed by atoms with E-state index in [0.29, 0.717) is 23.7 Å². The van der Waals surface area contributed by atoms with Gasteiger partial charge in [0, 0.05) is 17.1 Å². The Labute approximate surface area is 142 Å². The van der Waals surface area contributed by atoms with E-state index < -0.39 is 0 Å². The molecule has 2 aliphatic heterocycles. The number of likely N-dealkylation sites (tertiary alicyclic amines) is 1. The van der Waals surface area contributed by atoms with Crippen LogP contribution in [0.4, 0.5) is 0 Å². The SMILES string of the molecule is O=C(NCCCN1CCCCC1)C1=Cc2cc(Cl)ccc2OC1. The van der Waals surface area contributed by atoms with E-state index in [-0.39, 0.29) is 5.91 Å². The van der Waals surface area contributed by atoms with Gasteiger partial charge in [-0.15, -0.1) is 0 Å². The van der Waals surface area contributed by atoms with Crippen molar-refractivity contribution in [2.45, 2.75) is 25.7 Å². The molecule has 124 valence electrons. The lowest BCUT2D eigenvalue weighted by atomic mass is 10.1. The number of benzene rings is 1. The molecule has 1 aromatic rings. The van der Waals surface area contributed by atoms with Crippen LogP contribution >= 0.6 is 11.6 Å². The smallest absolute Gasteiger partial charge is 0.250 e.